The van der Waals surface area contributed by atoms with Gasteiger partial charge in [0.25, 0.3) is 0 Å². The highest BCUT2D eigenvalue weighted by molar-refractivity contribution is 5.96. The number of hydrogen-bond donors (Lipinski definition) is 2. The number of rotatable bonds is 3. The zero-order chi connectivity index (χ0) is 12.6. The van der Waals surface area contributed by atoms with E-state index < -0.39 is 0 Å². The van der Waals surface area contributed by atoms with Gasteiger partial charge in [-0.1, -0.05) is 6.92 Å². The van der Waals surface area contributed by atoms with Crippen molar-refractivity contribution >= 4 is 5.78 Å². The van der Waals surface area contributed by atoms with Gasteiger partial charge < -0.3 is 14.9 Å². The Balaban J connectivity index is 0.000000673. The monoisotopic (exact) mass is 226 g/mol. The Labute approximate surface area is 95.5 Å². The third-order valence-corrected chi connectivity index (χ3v) is 1.82. The molecule has 1 rings (SSSR count). The number of aromatic hydroxyl groups is 1. The van der Waals surface area contributed by atoms with Crippen LogP contribution in [-0.2, 0) is 0 Å². The average Bonchev–Trinajstić information content (AvgIpc) is 2.29. The number of aliphatic hydroxyl groups excluding tert-OH is 1. The molecule has 0 radical (unpaired) electrons. The van der Waals surface area contributed by atoms with Crippen LogP contribution in [0.4, 0.5) is 0 Å². The maximum Gasteiger partial charge on any atom is 0.162 e. The second-order valence-corrected chi connectivity index (χ2v) is 2.98. The van der Waals surface area contributed by atoms with Crippen LogP contribution in [0.5, 0.6) is 11.5 Å². The van der Waals surface area contributed by atoms with E-state index in [-0.39, 0.29) is 18.1 Å². The molecule has 1 aromatic carbocycles. The molecule has 0 amide bonds. The first kappa shape index (κ1) is 14.5. The number of phenolic OH excluding ortho intramolecular Hbond substituents is 1. The molecule has 4 heteroatoms. The minimum Gasteiger partial charge on any atom is -0.504 e. The van der Waals surface area contributed by atoms with Gasteiger partial charge in [0.15, 0.2) is 17.3 Å². The van der Waals surface area contributed by atoms with Crippen LogP contribution in [0, 0.1) is 0 Å². The van der Waals surface area contributed by atoms with Gasteiger partial charge in [-0.25, -0.2) is 0 Å². The first-order valence-corrected chi connectivity index (χ1v) is 5.11. The second-order valence-electron chi connectivity index (χ2n) is 2.98. The smallest absolute Gasteiger partial charge is 0.162 e. The minimum absolute atomic E-state index is 0.0401. The third kappa shape index (κ3) is 4.31. The fourth-order valence-electron chi connectivity index (χ4n) is 1.06. The molecule has 1 aromatic rings. The van der Waals surface area contributed by atoms with Crippen molar-refractivity contribution in [1.29, 1.82) is 0 Å². The maximum absolute atomic E-state index is 11.3. The average molecular weight is 226 g/mol. The molecule has 4 nitrogen and oxygen atoms in total. The van der Waals surface area contributed by atoms with Gasteiger partial charge in [0, 0.05) is 18.6 Å². The number of methoxy groups -OCH3 is 1. The number of ether oxygens (including phenoxy) is 1. The van der Waals surface area contributed by atoms with Crippen LogP contribution in [-0.4, -0.2) is 29.7 Å². The number of benzene rings is 1. The van der Waals surface area contributed by atoms with E-state index in [4.69, 9.17) is 9.84 Å². The van der Waals surface area contributed by atoms with Gasteiger partial charge in [0.2, 0.25) is 0 Å². The van der Waals surface area contributed by atoms with Crippen LogP contribution in [0.15, 0.2) is 18.2 Å². The van der Waals surface area contributed by atoms with Crippen molar-refractivity contribution in [2.75, 3.05) is 13.7 Å². The minimum atomic E-state index is 0.0401. The van der Waals surface area contributed by atoms with Gasteiger partial charge in [-0.2, -0.15) is 0 Å². The van der Waals surface area contributed by atoms with E-state index in [0.29, 0.717) is 17.7 Å². The molecule has 0 spiro atoms. The van der Waals surface area contributed by atoms with Crippen molar-refractivity contribution in [3.8, 4) is 11.5 Å². The Hall–Kier alpha value is -1.55. The summed E-state index contributed by atoms with van der Waals surface area (Å²) < 4.78 is 4.88. The predicted molar refractivity (Wildman–Crippen MR) is 62.0 cm³/mol. The predicted octanol–water partition coefficient (Wildman–Crippen LogP) is 1.99. The Morgan fingerprint density at radius 1 is 1.38 bits per heavy atom. The van der Waals surface area contributed by atoms with Crippen LogP contribution < -0.4 is 4.74 Å². The zero-order valence-electron chi connectivity index (χ0n) is 9.86. The Morgan fingerprint density at radius 2 is 1.94 bits per heavy atom. The van der Waals surface area contributed by atoms with Crippen LogP contribution in [0.25, 0.3) is 0 Å². The zero-order valence-corrected chi connectivity index (χ0v) is 9.86. The molecule has 0 aliphatic heterocycles. The molecule has 16 heavy (non-hydrogen) atoms. The Morgan fingerprint density at radius 3 is 2.38 bits per heavy atom. The van der Waals surface area contributed by atoms with E-state index in [1.54, 1.807) is 26.0 Å². The van der Waals surface area contributed by atoms with E-state index in [9.17, 15) is 9.90 Å². The van der Waals surface area contributed by atoms with E-state index in [1.165, 1.54) is 13.2 Å². The van der Waals surface area contributed by atoms with E-state index in [0.717, 1.165) is 0 Å². The molecular weight excluding hydrogens is 208 g/mol. The number of carbonyl (C=O) groups is 1. The molecule has 0 saturated heterocycles. The lowest BCUT2D eigenvalue weighted by atomic mass is 10.1. The number of ketones is 1. The molecule has 90 valence electrons. The number of phenols is 1. The van der Waals surface area contributed by atoms with E-state index >= 15 is 0 Å². The highest BCUT2D eigenvalue weighted by atomic mass is 16.5. The fourth-order valence-corrected chi connectivity index (χ4v) is 1.06. The van der Waals surface area contributed by atoms with Gasteiger partial charge in [-0.05, 0) is 25.1 Å². The van der Waals surface area contributed by atoms with Crippen LogP contribution in [0.2, 0.25) is 0 Å². The molecule has 0 saturated carbocycles. The highest BCUT2D eigenvalue weighted by Gasteiger charge is 2.07. The molecule has 0 aliphatic carbocycles. The normalized spacial score (nSPS) is 9.00. The lowest BCUT2D eigenvalue weighted by molar-refractivity contribution is 0.0988. The standard InChI is InChI=1S/C10H12O3.C2H6O/c1-3-8(11)7-4-5-9(12)10(6-7)13-2;1-2-3/h4-6,12H,3H2,1-2H3;3H,2H2,1H3. The summed E-state index contributed by atoms with van der Waals surface area (Å²) in [5, 5.41) is 16.8. The van der Waals surface area contributed by atoms with Crippen LogP contribution in [0.1, 0.15) is 30.6 Å². The number of aliphatic hydroxyl groups is 1. The first-order valence-electron chi connectivity index (χ1n) is 5.11. The van der Waals surface area contributed by atoms with Gasteiger partial charge in [-0.3, -0.25) is 4.79 Å². The first-order chi connectivity index (χ1) is 7.60. The van der Waals surface area contributed by atoms with Crippen molar-refractivity contribution < 1.29 is 19.7 Å². The second kappa shape index (κ2) is 7.70. The topological polar surface area (TPSA) is 66.8 Å². The quantitative estimate of drug-likeness (QED) is 0.773. The Kier molecular flexibility index (Phi) is 6.96. The molecule has 2 N–H and O–H groups in total. The summed E-state index contributed by atoms with van der Waals surface area (Å²) in [6.07, 6.45) is 0.452. The fraction of sp³-hybridized carbons (Fsp3) is 0.417. The van der Waals surface area contributed by atoms with Gasteiger partial charge in [0.1, 0.15) is 0 Å². The molecule has 0 aromatic heterocycles. The summed E-state index contributed by atoms with van der Waals surface area (Å²) in [7, 11) is 1.45. The number of Topliss-reactive ketones (excluding diaryl/α,β-unsaturated/α-hetero) is 1. The largest absolute Gasteiger partial charge is 0.504 e. The van der Waals surface area contributed by atoms with Crippen molar-refractivity contribution in [1.82, 2.24) is 0 Å². The van der Waals surface area contributed by atoms with Crippen LogP contribution in [0.3, 0.4) is 0 Å². The lowest BCUT2D eigenvalue weighted by Crippen LogP contribution is -1.96. The van der Waals surface area contributed by atoms with Crippen molar-refractivity contribution in [2.45, 2.75) is 20.3 Å². The summed E-state index contributed by atoms with van der Waals surface area (Å²) in [4.78, 5) is 11.3. The van der Waals surface area contributed by atoms with Crippen molar-refractivity contribution in [3.63, 3.8) is 0 Å². The summed E-state index contributed by atoms with van der Waals surface area (Å²) in [5.41, 5.74) is 0.567. The van der Waals surface area contributed by atoms with Gasteiger partial charge >= 0.3 is 0 Å². The van der Waals surface area contributed by atoms with Gasteiger partial charge in [-0.15, -0.1) is 0 Å². The van der Waals surface area contributed by atoms with E-state index in [1.807, 2.05) is 0 Å². The molecular formula is C12H18O4. The number of carbonyl (C=O) groups excluding carboxylic acids is 1. The van der Waals surface area contributed by atoms with Crippen molar-refractivity contribution in [3.05, 3.63) is 23.8 Å². The molecule has 0 atom stereocenters. The summed E-state index contributed by atoms with van der Waals surface area (Å²) in [5.74, 6) is 0.424. The SMILES string of the molecule is CCC(=O)c1ccc(O)c(OC)c1.CCO. The van der Waals surface area contributed by atoms with E-state index in [2.05, 4.69) is 0 Å². The molecule has 0 heterocycles. The van der Waals surface area contributed by atoms with Crippen molar-refractivity contribution in [2.24, 2.45) is 0 Å². The number of hydrogen-bond acceptors (Lipinski definition) is 4. The molecule has 0 aliphatic rings. The summed E-state index contributed by atoms with van der Waals surface area (Å²) in [6, 6.07) is 4.59. The summed E-state index contributed by atoms with van der Waals surface area (Å²) >= 11 is 0. The summed E-state index contributed by atoms with van der Waals surface area (Å²) in [6.45, 7) is 3.72. The molecule has 0 bridgehead atoms. The third-order valence-electron chi connectivity index (χ3n) is 1.82. The molecule has 0 fully saturated rings. The highest BCUT2D eigenvalue weighted by Crippen LogP contribution is 2.26. The van der Waals surface area contributed by atoms with Crippen LogP contribution >= 0.6 is 0 Å². The Bertz CT molecular complexity index is 334. The van der Waals surface area contributed by atoms with Gasteiger partial charge in [0.05, 0.1) is 7.11 Å². The lowest BCUT2D eigenvalue weighted by Gasteiger charge is -2.04. The maximum atomic E-state index is 11.3. The molecule has 0 unspecified atom stereocenters.